The van der Waals surface area contributed by atoms with Gasteiger partial charge in [0.05, 0.1) is 26.5 Å². The van der Waals surface area contributed by atoms with E-state index < -0.39 is 23.8 Å². The van der Waals surface area contributed by atoms with Gasteiger partial charge in [0.1, 0.15) is 18.1 Å². The molecular formula is C22H22FN3O6. The number of fused-ring (bicyclic) bond motifs is 1. The number of pyridine rings is 1. The largest absolute Gasteiger partial charge is 0.479 e. The lowest BCUT2D eigenvalue weighted by Gasteiger charge is -2.18. The van der Waals surface area contributed by atoms with E-state index in [1.807, 2.05) is 6.92 Å². The molecule has 0 bridgehead atoms. The lowest BCUT2D eigenvalue weighted by atomic mass is 10.1. The summed E-state index contributed by atoms with van der Waals surface area (Å²) in [6.07, 6.45) is 1.12. The van der Waals surface area contributed by atoms with E-state index in [1.165, 1.54) is 35.2 Å². The van der Waals surface area contributed by atoms with Gasteiger partial charge < -0.3 is 24.0 Å². The van der Waals surface area contributed by atoms with Crippen molar-refractivity contribution in [1.82, 2.24) is 9.88 Å². The van der Waals surface area contributed by atoms with Crippen LogP contribution in [0.4, 0.5) is 10.1 Å². The predicted molar refractivity (Wildman–Crippen MR) is 110 cm³/mol. The summed E-state index contributed by atoms with van der Waals surface area (Å²) in [4.78, 5) is 43.8. The molecule has 9 nitrogen and oxygen atoms in total. The van der Waals surface area contributed by atoms with Crippen LogP contribution in [0.3, 0.4) is 0 Å². The quantitative estimate of drug-likeness (QED) is 0.603. The minimum atomic E-state index is -0.752. The van der Waals surface area contributed by atoms with E-state index >= 15 is 0 Å². The molecular weight excluding hydrogens is 421 g/mol. The Morgan fingerprint density at radius 3 is 2.78 bits per heavy atom. The van der Waals surface area contributed by atoms with Crippen LogP contribution in [0.25, 0.3) is 0 Å². The van der Waals surface area contributed by atoms with E-state index in [2.05, 4.69) is 9.72 Å². The van der Waals surface area contributed by atoms with Crippen molar-refractivity contribution in [3.05, 3.63) is 47.4 Å². The van der Waals surface area contributed by atoms with Crippen molar-refractivity contribution in [2.75, 3.05) is 31.7 Å². The van der Waals surface area contributed by atoms with Crippen LogP contribution >= 0.6 is 0 Å². The van der Waals surface area contributed by atoms with Gasteiger partial charge in [0.25, 0.3) is 11.8 Å². The van der Waals surface area contributed by atoms with Crippen LogP contribution in [-0.4, -0.2) is 60.6 Å². The predicted octanol–water partition coefficient (Wildman–Crippen LogP) is 1.93. The molecule has 168 valence electrons. The average Bonchev–Trinajstić information content (AvgIpc) is 3.30. The number of benzene rings is 1. The first kappa shape index (κ1) is 21.5. The number of rotatable bonds is 7. The third-order valence-corrected chi connectivity index (χ3v) is 5.34. The Morgan fingerprint density at radius 2 is 2.09 bits per heavy atom. The molecule has 32 heavy (non-hydrogen) atoms. The molecule has 0 spiro atoms. The summed E-state index contributed by atoms with van der Waals surface area (Å²) < 4.78 is 30.4. The van der Waals surface area contributed by atoms with Crippen LogP contribution < -0.4 is 14.4 Å². The number of methoxy groups -OCH3 is 1. The fraction of sp³-hybridized carbons (Fsp3) is 0.364. The summed E-state index contributed by atoms with van der Waals surface area (Å²) in [5.41, 5.74) is 0.606. The zero-order valence-electron chi connectivity index (χ0n) is 17.7. The molecule has 1 aromatic heterocycles. The van der Waals surface area contributed by atoms with Crippen molar-refractivity contribution in [3.63, 3.8) is 0 Å². The van der Waals surface area contributed by atoms with Crippen LogP contribution in [0.1, 0.15) is 29.3 Å². The van der Waals surface area contributed by atoms with Gasteiger partial charge in [-0.15, -0.1) is 0 Å². The molecule has 1 unspecified atom stereocenters. The number of ether oxygens (including phenoxy) is 3. The van der Waals surface area contributed by atoms with E-state index in [-0.39, 0.29) is 35.8 Å². The highest BCUT2D eigenvalue weighted by Gasteiger charge is 2.37. The summed E-state index contributed by atoms with van der Waals surface area (Å²) in [6, 6.07) is 6.03. The standard InChI is InChI=1S/C22H22FN3O6/c1-3-31-19-5-4-14(10-24-19)32-18-6-7-26(22(18)29)13-8-15-16(17(23)9-13)11-25(21(15)28)12-20(27)30-2/h4-5,8-10,18H,3,6-7,11-12H2,1-2H3. The third-order valence-electron chi connectivity index (χ3n) is 5.34. The van der Waals surface area contributed by atoms with Gasteiger partial charge in [-0.25, -0.2) is 9.37 Å². The molecule has 1 atom stereocenters. The number of carbonyl (C=O) groups is 3. The molecule has 1 fully saturated rings. The topological polar surface area (TPSA) is 98.3 Å². The van der Waals surface area contributed by atoms with E-state index in [0.717, 1.165) is 0 Å². The maximum Gasteiger partial charge on any atom is 0.325 e. The summed E-state index contributed by atoms with van der Waals surface area (Å²) in [6.45, 7) is 2.35. The van der Waals surface area contributed by atoms with Crippen molar-refractivity contribution >= 4 is 23.5 Å². The molecule has 2 amide bonds. The molecule has 2 aliphatic rings. The molecule has 4 rings (SSSR count). The summed E-state index contributed by atoms with van der Waals surface area (Å²) in [5, 5.41) is 0. The van der Waals surface area contributed by atoms with Crippen molar-refractivity contribution in [3.8, 4) is 11.6 Å². The molecule has 1 saturated heterocycles. The molecule has 0 saturated carbocycles. The highest BCUT2D eigenvalue weighted by atomic mass is 19.1. The molecule has 0 radical (unpaired) electrons. The lowest BCUT2D eigenvalue weighted by molar-refractivity contribution is -0.141. The van der Waals surface area contributed by atoms with Crippen molar-refractivity contribution in [2.24, 2.45) is 0 Å². The monoisotopic (exact) mass is 443 g/mol. The molecule has 0 aliphatic carbocycles. The van der Waals surface area contributed by atoms with Crippen molar-refractivity contribution in [1.29, 1.82) is 0 Å². The Labute approximate surface area is 183 Å². The summed E-state index contributed by atoms with van der Waals surface area (Å²) in [7, 11) is 1.22. The Hall–Kier alpha value is -3.69. The molecule has 1 aromatic carbocycles. The second-order valence-electron chi connectivity index (χ2n) is 7.34. The second kappa shape index (κ2) is 8.81. The lowest BCUT2D eigenvalue weighted by Crippen LogP contribution is -2.32. The van der Waals surface area contributed by atoms with Crippen LogP contribution in [0.5, 0.6) is 11.6 Å². The molecule has 3 heterocycles. The van der Waals surface area contributed by atoms with Crippen LogP contribution in [0.2, 0.25) is 0 Å². The van der Waals surface area contributed by atoms with Gasteiger partial charge in [-0.3, -0.25) is 14.4 Å². The number of hydrogen-bond donors (Lipinski definition) is 0. The molecule has 2 aliphatic heterocycles. The number of amides is 2. The zero-order valence-corrected chi connectivity index (χ0v) is 17.7. The van der Waals surface area contributed by atoms with Gasteiger partial charge in [0, 0.05) is 35.8 Å². The smallest absolute Gasteiger partial charge is 0.325 e. The van der Waals surface area contributed by atoms with E-state index in [1.54, 1.807) is 12.1 Å². The van der Waals surface area contributed by atoms with Crippen molar-refractivity contribution < 1.29 is 33.0 Å². The van der Waals surface area contributed by atoms with E-state index in [4.69, 9.17) is 9.47 Å². The first-order valence-electron chi connectivity index (χ1n) is 10.2. The number of halogens is 1. The number of nitrogens with zero attached hydrogens (tertiary/aromatic N) is 3. The van der Waals surface area contributed by atoms with Gasteiger partial charge in [0.15, 0.2) is 6.10 Å². The number of anilines is 1. The van der Waals surface area contributed by atoms with Gasteiger partial charge in [-0.1, -0.05) is 0 Å². The summed E-state index contributed by atoms with van der Waals surface area (Å²) >= 11 is 0. The number of esters is 1. The normalized spacial score (nSPS) is 17.5. The van der Waals surface area contributed by atoms with Gasteiger partial charge in [0.2, 0.25) is 5.88 Å². The SMILES string of the molecule is CCOc1ccc(OC2CCN(c3cc(F)c4c(c3)C(=O)N(CC(=O)OC)C4)C2=O)cn1. The Bertz CT molecular complexity index is 1060. The number of hydrogen-bond acceptors (Lipinski definition) is 7. The van der Waals surface area contributed by atoms with Crippen LogP contribution in [0.15, 0.2) is 30.5 Å². The number of aromatic nitrogens is 1. The fourth-order valence-corrected chi connectivity index (χ4v) is 3.76. The minimum Gasteiger partial charge on any atom is -0.479 e. The second-order valence-corrected chi connectivity index (χ2v) is 7.34. The van der Waals surface area contributed by atoms with E-state index in [9.17, 15) is 18.8 Å². The first-order valence-corrected chi connectivity index (χ1v) is 10.2. The van der Waals surface area contributed by atoms with Crippen LogP contribution in [-0.2, 0) is 20.9 Å². The first-order chi connectivity index (χ1) is 15.4. The third kappa shape index (κ3) is 4.08. The average molecular weight is 443 g/mol. The number of carbonyl (C=O) groups excluding carboxylic acids is 3. The summed E-state index contributed by atoms with van der Waals surface area (Å²) in [5.74, 6) is -1.14. The Balaban J connectivity index is 1.48. The Morgan fingerprint density at radius 1 is 1.28 bits per heavy atom. The maximum absolute atomic E-state index is 14.8. The van der Waals surface area contributed by atoms with Gasteiger partial charge in [-0.05, 0) is 25.1 Å². The van der Waals surface area contributed by atoms with Crippen molar-refractivity contribution in [2.45, 2.75) is 26.0 Å². The van der Waals surface area contributed by atoms with Gasteiger partial charge >= 0.3 is 5.97 Å². The highest BCUT2D eigenvalue weighted by Crippen LogP contribution is 2.32. The Kier molecular flexibility index (Phi) is 5.93. The highest BCUT2D eigenvalue weighted by molar-refractivity contribution is 6.03. The maximum atomic E-state index is 14.8. The fourth-order valence-electron chi connectivity index (χ4n) is 3.76. The minimum absolute atomic E-state index is 0.0280. The van der Waals surface area contributed by atoms with Crippen LogP contribution in [0, 0.1) is 5.82 Å². The molecule has 2 aromatic rings. The molecule has 0 N–H and O–H groups in total. The van der Waals surface area contributed by atoms with E-state index in [0.29, 0.717) is 31.2 Å². The molecule has 10 heteroatoms. The zero-order chi connectivity index (χ0) is 22.8. The van der Waals surface area contributed by atoms with Gasteiger partial charge in [-0.2, -0.15) is 0 Å².